The molecule has 0 spiro atoms. The van der Waals surface area contributed by atoms with Crippen LogP contribution in [-0.2, 0) is 19.6 Å². The second-order valence-corrected chi connectivity index (χ2v) is 7.00. The van der Waals surface area contributed by atoms with Crippen LogP contribution < -0.4 is 4.72 Å². The van der Waals surface area contributed by atoms with Gasteiger partial charge in [-0.1, -0.05) is 20.8 Å². The van der Waals surface area contributed by atoms with Crippen molar-refractivity contribution < 1.29 is 22.3 Å². The molecule has 1 N–H and O–H groups in total. The number of aromatic nitrogens is 1. The predicted molar refractivity (Wildman–Crippen MR) is 69.8 cm³/mol. The van der Waals surface area contributed by atoms with Gasteiger partial charge >= 0.3 is 5.97 Å². The van der Waals surface area contributed by atoms with Crippen molar-refractivity contribution in [2.45, 2.75) is 31.7 Å². The Morgan fingerprint density at radius 2 is 2.00 bits per heavy atom. The summed E-state index contributed by atoms with van der Waals surface area (Å²) in [6, 6.07) is -0.271. The topological polar surface area (TPSA) is 85.4 Å². The smallest absolute Gasteiger partial charge is 0.324 e. The van der Waals surface area contributed by atoms with Crippen LogP contribution in [-0.4, -0.2) is 32.5 Å². The molecule has 1 rings (SSSR count). The van der Waals surface area contributed by atoms with Crippen molar-refractivity contribution in [2.24, 2.45) is 5.41 Å². The average Bonchev–Trinajstić information content (AvgIpc) is 2.34. The van der Waals surface area contributed by atoms with Gasteiger partial charge < -0.3 is 4.74 Å². The Bertz CT molecular complexity index is 596. The first-order valence-electron chi connectivity index (χ1n) is 5.78. The number of hydrogen-bond donors (Lipinski definition) is 1. The minimum atomic E-state index is -4.07. The third kappa shape index (κ3) is 3.97. The van der Waals surface area contributed by atoms with Crippen molar-refractivity contribution in [1.82, 2.24) is 9.71 Å². The van der Waals surface area contributed by atoms with Gasteiger partial charge in [0.2, 0.25) is 10.0 Å². The molecule has 0 saturated heterocycles. The first kappa shape index (κ1) is 16.5. The van der Waals surface area contributed by atoms with Gasteiger partial charge in [0.25, 0.3) is 0 Å². The number of carbonyl (C=O) groups is 1. The summed E-state index contributed by atoms with van der Waals surface area (Å²) in [4.78, 5) is 14.8. The van der Waals surface area contributed by atoms with Gasteiger partial charge in [0.05, 0.1) is 13.3 Å². The first-order valence-corrected chi connectivity index (χ1v) is 7.27. The number of rotatable bonds is 4. The third-order valence-corrected chi connectivity index (χ3v) is 3.96. The van der Waals surface area contributed by atoms with Crippen molar-refractivity contribution in [1.29, 1.82) is 0 Å². The summed E-state index contributed by atoms with van der Waals surface area (Å²) >= 11 is 0. The van der Waals surface area contributed by atoms with Gasteiger partial charge in [-0.2, -0.15) is 4.72 Å². The number of ether oxygens (including phenoxy) is 1. The van der Waals surface area contributed by atoms with E-state index in [-0.39, 0.29) is 4.90 Å². The fraction of sp³-hybridized carbons (Fsp3) is 0.500. The quantitative estimate of drug-likeness (QED) is 0.842. The summed E-state index contributed by atoms with van der Waals surface area (Å²) in [5.74, 6) is -1.50. The van der Waals surface area contributed by atoms with Gasteiger partial charge in [0.1, 0.15) is 16.8 Å². The van der Waals surface area contributed by atoms with E-state index in [1.54, 1.807) is 20.8 Å². The monoisotopic (exact) mass is 304 g/mol. The molecule has 0 saturated carbocycles. The molecular formula is C12H17FN2O4S. The molecule has 0 bridgehead atoms. The predicted octanol–water partition coefficient (Wildman–Crippen LogP) is 1.09. The van der Waals surface area contributed by atoms with Gasteiger partial charge in [-0.15, -0.1) is 0 Å². The minimum Gasteiger partial charge on any atom is -0.468 e. The zero-order valence-corrected chi connectivity index (χ0v) is 12.5. The van der Waals surface area contributed by atoms with E-state index in [9.17, 15) is 17.6 Å². The van der Waals surface area contributed by atoms with Crippen LogP contribution in [0.3, 0.4) is 0 Å². The molecule has 1 unspecified atom stereocenters. The van der Waals surface area contributed by atoms with E-state index < -0.39 is 33.3 Å². The Kier molecular flexibility index (Phi) is 4.82. The minimum absolute atomic E-state index is 0.351. The highest BCUT2D eigenvalue weighted by atomic mass is 32.2. The van der Waals surface area contributed by atoms with E-state index in [2.05, 4.69) is 14.4 Å². The number of nitrogens with zero attached hydrogens (tertiary/aromatic N) is 1. The van der Waals surface area contributed by atoms with Gasteiger partial charge in [0.15, 0.2) is 0 Å². The van der Waals surface area contributed by atoms with E-state index >= 15 is 0 Å². The Morgan fingerprint density at radius 1 is 1.40 bits per heavy atom. The SMILES string of the molecule is COC(=O)C(NS(=O)(=O)c1cncc(F)c1)C(C)(C)C. The number of pyridine rings is 1. The number of nitrogens with one attached hydrogen (secondary N) is 1. The molecule has 0 aliphatic rings. The van der Waals surface area contributed by atoms with Gasteiger partial charge in [-0.05, 0) is 11.5 Å². The molecule has 1 atom stereocenters. The Morgan fingerprint density at radius 3 is 2.45 bits per heavy atom. The van der Waals surface area contributed by atoms with E-state index in [0.29, 0.717) is 0 Å². The lowest BCUT2D eigenvalue weighted by Crippen LogP contribution is -2.49. The van der Waals surface area contributed by atoms with Crippen LogP contribution in [0.1, 0.15) is 20.8 Å². The number of methoxy groups -OCH3 is 1. The summed E-state index contributed by atoms with van der Waals surface area (Å²) in [6.07, 6.45) is 1.89. The van der Waals surface area contributed by atoms with Crippen LogP contribution in [0.4, 0.5) is 4.39 Å². The fourth-order valence-corrected chi connectivity index (χ4v) is 2.82. The number of hydrogen-bond acceptors (Lipinski definition) is 5. The van der Waals surface area contributed by atoms with E-state index in [0.717, 1.165) is 18.5 Å². The van der Waals surface area contributed by atoms with Gasteiger partial charge in [0, 0.05) is 6.20 Å². The third-order valence-electron chi connectivity index (χ3n) is 2.57. The van der Waals surface area contributed by atoms with Crippen molar-refractivity contribution >= 4 is 16.0 Å². The second kappa shape index (κ2) is 5.84. The highest BCUT2D eigenvalue weighted by Gasteiger charge is 2.36. The molecule has 112 valence electrons. The van der Waals surface area contributed by atoms with Crippen LogP contribution in [0.2, 0.25) is 0 Å². The van der Waals surface area contributed by atoms with Crippen LogP contribution in [0, 0.1) is 11.2 Å². The zero-order chi connectivity index (χ0) is 15.6. The number of carbonyl (C=O) groups excluding carboxylic acids is 1. The van der Waals surface area contributed by atoms with E-state index in [1.807, 2.05) is 0 Å². The fourth-order valence-electron chi connectivity index (χ4n) is 1.46. The average molecular weight is 304 g/mol. The summed E-state index contributed by atoms with van der Waals surface area (Å²) in [5.41, 5.74) is -0.707. The van der Waals surface area contributed by atoms with Crippen LogP contribution >= 0.6 is 0 Å². The zero-order valence-electron chi connectivity index (χ0n) is 11.7. The van der Waals surface area contributed by atoms with Crippen molar-refractivity contribution in [3.8, 4) is 0 Å². The molecule has 0 amide bonds. The molecule has 0 aliphatic carbocycles. The molecule has 0 radical (unpaired) electrons. The van der Waals surface area contributed by atoms with Gasteiger partial charge in [-0.25, -0.2) is 12.8 Å². The molecule has 6 nitrogen and oxygen atoms in total. The van der Waals surface area contributed by atoms with Crippen LogP contribution in [0.25, 0.3) is 0 Å². The van der Waals surface area contributed by atoms with E-state index in [4.69, 9.17) is 0 Å². The molecule has 0 aromatic carbocycles. The summed E-state index contributed by atoms with van der Waals surface area (Å²) in [7, 11) is -2.91. The molecule has 1 aromatic heterocycles. The number of halogens is 1. The second-order valence-electron chi connectivity index (χ2n) is 5.28. The van der Waals surface area contributed by atoms with Crippen molar-refractivity contribution in [3.05, 3.63) is 24.3 Å². The lowest BCUT2D eigenvalue weighted by atomic mass is 9.87. The first-order chi connectivity index (χ1) is 9.08. The van der Waals surface area contributed by atoms with Crippen LogP contribution in [0.15, 0.2) is 23.4 Å². The van der Waals surface area contributed by atoms with Gasteiger partial charge in [-0.3, -0.25) is 9.78 Å². The molecule has 1 aromatic rings. The molecule has 0 fully saturated rings. The highest BCUT2D eigenvalue weighted by Crippen LogP contribution is 2.22. The summed E-state index contributed by atoms with van der Waals surface area (Å²) in [6.45, 7) is 5.04. The summed E-state index contributed by atoms with van der Waals surface area (Å²) < 4.78 is 44.1. The maximum atomic E-state index is 13.0. The lowest BCUT2D eigenvalue weighted by Gasteiger charge is -2.28. The maximum Gasteiger partial charge on any atom is 0.324 e. The standard InChI is InChI=1S/C12H17FN2O4S/c1-12(2,3)10(11(16)19-4)15-20(17,18)9-5-8(13)6-14-7-9/h5-7,10,15H,1-4H3. The van der Waals surface area contributed by atoms with Crippen molar-refractivity contribution in [3.63, 3.8) is 0 Å². The Hall–Kier alpha value is -1.54. The Balaban J connectivity index is 3.13. The molecule has 1 heterocycles. The molecule has 0 aliphatic heterocycles. The molecular weight excluding hydrogens is 287 g/mol. The highest BCUT2D eigenvalue weighted by molar-refractivity contribution is 7.89. The van der Waals surface area contributed by atoms with Crippen LogP contribution in [0.5, 0.6) is 0 Å². The van der Waals surface area contributed by atoms with E-state index in [1.165, 1.54) is 7.11 Å². The maximum absolute atomic E-state index is 13.0. The normalized spacial score (nSPS) is 13.8. The number of esters is 1. The Labute approximate surface area is 117 Å². The molecule has 8 heteroatoms. The largest absolute Gasteiger partial charge is 0.468 e. The molecule has 20 heavy (non-hydrogen) atoms. The number of sulfonamides is 1. The summed E-state index contributed by atoms with van der Waals surface area (Å²) in [5, 5.41) is 0. The van der Waals surface area contributed by atoms with Crippen molar-refractivity contribution in [2.75, 3.05) is 7.11 Å². The lowest BCUT2D eigenvalue weighted by molar-refractivity contribution is -0.145.